The lowest BCUT2D eigenvalue weighted by Crippen LogP contribution is -2.14. The Morgan fingerprint density at radius 2 is 2.14 bits per heavy atom. The van der Waals surface area contributed by atoms with E-state index in [2.05, 4.69) is 38.3 Å². The predicted molar refractivity (Wildman–Crippen MR) is 86.7 cm³/mol. The molecule has 0 aliphatic carbocycles. The van der Waals surface area contributed by atoms with Gasteiger partial charge in [0, 0.05) is 29.8 Å². The predicted octanol–water partition coefficient (Wildman–Crippen LogP) is 3.49. The van der Waals surface area contributed by atoms with E-state index < -0.39 is 0 Å². The molecule has 21 heavy (non-hydrogen) atoms. The minimum Gasteiger partial charge on any atom is -0.435 e. The lowest BCUT2D eigenvalue weighted by Gasteiger charge is -2.11. The first-order chi connectivity index (χ1) is 10.0. The minimum absolute atomic E-state index is 0.626. The largest absolute Gasteiger partial charge is 0.435 e. The Hall–Kier alpha value is -1.40. The van der Waals surface area contributed by atoms with Crippen LogP contribution in [0.25, 0.3) is 0 Å². The smallest absolute Gasteiger partial charge is 0.223 e. The van der Waals surface area contributed by atoms with Crippen molar-refractivity contribution in [3.8, 4) is 11.6 Å². The van der Waals surface area contributed by atoms with Crippen molar-refractivity contribution in [3.63, 3.8) is 0 Å². The van der Waals surface area contributed by atoms with E-state index in [1.165, 1.54) is 0 Å². The van der Waals surface area contributed by atoms with Gasteiger partial charge in [-0.2, -0.15) is 5.10 Å². The maximum atomic E-state index is 6.02. The van der Waals surface area contributed by atoms with Gasteiger partial charge in [-0.25, -0.2) is 4.98 Å². The molecule has 114 valence electrons. The van der Waals surface area contributed by atoms with E-state index in [0.29, 0.717) is 5.88 Å². The third kappa shape index (κ3) is 3.83. The second-order valence-corrected chi connectivity index (χ2v) is 5.94. The van der Waals surface area contributed by atoms with Crippen LogP contribution < -0.4 is 10.1 Å². The molecule has 0 aliphatic heterocycles. The van der Waals surface area contributed by atoms with Crippen LogP contribution in [0.3, 0.4) is 0 Å². The fraction of sp³-hybridized carbons (Fsp3) is 0.467. The monoisotopic (exact) mass is 352 g/mol. The average molecular weight is 353 g/mol. The summed E-state index contributed by atoms with van der Waals surface area (Å²) in [5.74, 6) is 1.41. The van der Waals surface area contributed by atoms with E-state index >= 15 is 0 Å². The van der Waals surface area contributed by atoms with Gasteiger partial charge < -0.3 is 10.1 Å². The van der Waals surface area contributed by atoms with Crippen LogP contribution in [0, 0.1) is 13.8 Å². The molecule has 0 bridgehead atoms. The van der Waals surface area contributed by atoms with E-state index in [0.717, 1.165) is 46.7 Å². The molecule has 2 rings (SSSR count). The number of halogens is 1. The summed E-state index contributed by atoms with van der Waals surface area (Å²) in [6.45, 7) is 7.77. The quantitative estimate of drug-likeness (QED) is 0.808. The molecule has 0 aliphatic rings. The Balaban J connectivity index is 2.26. The highest BCUT2D eigenvalue weighted by molar-refractivity contribution is 9.10. The number of aromatic nitrogens is 3. The van der Waals surface area contributed by atoms with Crippen LogP contribution in [0.5, 0.6) is 11.6 Å². The van der Waals surface area contributed by atoms with Gasteiger partial charge in [0.25, 0.3) is 0 Å². The van der Waals surface area contributed by atoms with Crippen molar-refractivity contribution in [1.29, 1.82) is 0 Å². The lowest BCUT2D eigenvalue weighted by atomic mass is 10.2. The molecule has 2 heterocycles. The van der Waals surface area contributed by atoms with Crippen molar-refractivity contribution in [2.75, 3.05) is 6.54 Å². The molecule has 0 unspecified atom stereocenters. The normalized spacial score (nSPS) is 10.9. The van der Waals surface area contributed by atoms with Gasteiger partial charge >= 0.3 is 0 Å². The molecule has 5 nitrogen and oxygen atoms in total. The van der Waals surface area contributed by atoms with Crippen LogP contribution in [0.1, 0.15) is 30.3 Å². The highest BCUT2D eigenvalue weighted by atomic mass is 79.9. The first-order valence-electron chi connectivity index (χ1n) is 7.06. The third-order valence-corrected chi connectivity index (χ3v) is 3.71. The van der Waals surface area contributed by atoms with Crippen LogP contribution >= 0.6 is 15.9 Å². The topological polar surface area (TPSA) is 52.0 Å². The summed E-state index contributed by atoms with van der Waals surface area (Å²) in [6.07, 6.45) is 2.85. The summed E-state index contributed by atoms with van der Waals surface area (Å²) < 4.78 is 8.79. The zero-order valence-electron chi connectivity index (χ0n) is 12.9. The summed E-state index contributed by atoms with van der Waals surface area (Å²) in [6, 6.07) is 2.03. The SMILES string of the molecule is CCCNCc1cc(Br)cnc1Oc1c(C)nn(C)c1C. The first-order valence-corrected chi connectivity index (χ1v) is 7.85. The second kappa shape index (κ2) is 7.04. The molecule has 2 aromatic heterocycles. The number of rotatable bonds is 6. The molecule has 0 saturated carbocycles. The van der Waals surface area contributed by atoms with E-state index in [1.807, 2.05) is 31.6 Å². The number of hydrogen-bond donors (Lipinski definition) is 1. The molecule has 2 aromatic rings. The Morgan fingerprint density at radius 3 is 2.76 bits per heavy atom. The number of ether oxygens (including phenoxy) is 1. The number of nitrogens with zero attached hydrogens (tertiary/aromatic N) is 3. The van der Waals surface area contributed by atoms with Crippen molar-refractivity contribution in [1.82, 2.24) is 20.1 Å². The van der Waals surface area contributed by atoms with Crippen molar-refractivity contribution in [3.05, 3.63) is 33.7 Å². The van der Waals surface area contributed by atoms with Crippen LogP contribution in [0.15, 0.2) is 16.7 Å². The van der Waals surface area contributed by atoms with Gasteiger partial charge in [0.05, 0.1) is 5.69 Å². The van der Waals surface area contributed by atoms with Gasteiger partial charge in [0.2, 0.25) is 5.88 Å². The second-order valence-electron chi connectivity index (χ2n) is 5.02. The Labute approximate surface area is 133 Å². The first kappa shape index (κ1) is 16.0. The Kier molecular flexibility index (Phi) is 5.36. The molecule has 0 aromatic carbocycles. The van der Waals surface area contributed by atoms with Gasteiger partial charge in [-0.05, 0) is 48.8 Å². The van der Waals surface area contributed by atoms with Crippen molar-refractivity contribution in [2.24, 2.45) is 7.05 Å². The molecule has 6 heteroatoms. The fourth-order valence-electron chi connectivity index (χ4n) is 2.09. The summed E-state index contributed by atoms with van der Waals surface area (Å²) in [7, 11) is 1.91. The number of pyridine rings is 1. The summed E-state index contributed by atoms with van der Waals surface area (Å²) in [5.41, 5.74) is 2.89. The highest BCUT2D eigenvalue weighted by Crippen LogP contribution is 2.30. The number of hydrogen-bond acceptors (Lipinski definition) is 4. The van der Waals surface area contributed by atoms with Gasteiger partial charge in [0.15, 0.2) is 5.75 Å². The third-order valence-electron chi connectivity index (χ3n) is 3.28. The molecule has 0 amide bonds. The van der Waals surface area contributed by atoms with Gasteiger partial charge in [-0.1, -0.05) is 6.92 Å². The maximum absolute atomic E-state index is 6.02. The van der Waals surface area contributed by atoms with Crippen molar-refractivity contribution < 1.29 is 4.74 Å². The minimum atomic E-state index is 0.626. The standard InChI is InChI=1S/C15H21BrN4O/c1-5-6-17-8-12-7-13(16)9-18-15(12)21-14-10(2)19-20(4)11(14)3/h7,9,17H,5-6,8H2,1-4H3. The molecule has 0 fully saturated rings. The molecule has 1 N–H and O–H groups in total. The van der Waals surface area contributed by atoms with Crippen molar-refractivity contribution in [2.45, 2.75) is 33.7 Å². The van der Waals surface area contributed by atoms with Crippen LogP contribution in [0.2, 0.25) is 0 Å². The lowest BCUT2D eigenvalue weighted by molar-refractivity contribution is 0.445. The molecule has 0 saturated heterocycles. The van der Waals surface area contributed by atoms with E-state index in [4.69, 9.17) is 4.74 Å². The van der Waals surface area contributed by atoms with E-state index in [1.54, 1.807) is 6.20 Å². The molecular weight excluding hydrogens is 332 g/mol. The summed E-state index contributed by atoms with van der Waals surface area (Å²) in [4.78, 5) is 4.40. The summed E-state index contributed by atoms with van der Waals surface area (Å²) >= 11 is 3.46. The molecular formula is C15H21BrN4O. The molecule has 0 spiro atoms. The van der Waals surface area contributed by atoms with E-state index in [-0.39, 0.29) is 0 Å². The highest BCUT2D eigenvalue weighted by Gasteiger charge is 2.15. The van der Waals surface area contributed by atoms with Gasteiger partial charge in [0.1, 0.15) is 5.69 Å². The number of aryl methyl sites for hydroxylation is 2. The summed E-state index contributed by atoms with van der Waals surface area (Å²) in [5, 5.41) is 7.75. The van der Waals surface area contributed by atoms with E-state index in [9.17, 15) is 0 Å². The average Bonchev–Trinajstić information content (AvgIpc) is 2.68. The van der Waals surface area contributed by atoms with Crippen LogP contribution in [-0.4, -0.2) is 21.3 Å². The van der Waals surface area contributed by atoms with Crippen LogP contribution in [-0.2, 0) is 13.6 Å². The molecule has 0 radical (unpaired) electrons. The van der Waals surface area contributed by atoms with Gasteiger partial charge in [-0.3, -0.25) is 4.68 Å². The fourth-order valence-corrected chi connectivity index (χ4v) is 2.46. The van der Waals surface area contributed by atoms with Crippen LogP contribution in [0.4, 0.5) is 0 Å². The zero-order chi connectivity index (χ0) is 15.4. The molecule has 0 atom stereocenters. The number of nitrogens with one attached hydrogen (secondary N) is 1. The van der Waals surface area contributed by atoms with Gasteiger partial charge in [-0.15, -0.1) is 0 Å². The van der Waals surface area contributed by atoms with Crippen molar-refractivity contribution >= 4 is 15.9 Å². The maximum Gasteiger partial charge on any atom is 0.223 e. The Morgan fingerprint density at radius 1 is 1.38 bits per heavy atom. The Bertz CT molecular complexity index is 624. The zero-order valence-corrected chi connectivity index (χ0v) is 14.5.